The number of benzene rings is 2. The Hall–Kier alpha value is -2.50. The van der Waals surface area contributed by atoms with Crippen molar-refractivity contribution in [2.45, 2.75) is 51.2 Å². The second kappa shape index (κ2) is 8.47. The van der Waals surface area contributed by atoms with E-state index in [2.05, 4.69) is 18.7 Å². The van der Waals surface area contributed by atoms with Crippen LogP contribution in [0.3, 0.4) is 0 Å². The number of hydrogen-bond acceptors (Lipinski definition) is 2. The van der Waals surface area contributed by atoms with E-state index in [0.717, 1.165) is 11.8 Å². The smallest absolute Gasteiger partial charge is 0.416 e. The minimum Gasteiger partial charge on any atom is -0.481 e. The molecule has 0 radical (unpaired) electrons. The average molecular weight is 405 g/mol. The molecule has 1 N–H and O–H groups in total. The quantitative estimate of drug-likeness (QED) is 0.638. The van der Waals surface area contributed by atoms with Gasteiger partial charge in [-0.15, -0.1) is 0 Å². The Balaban J connectivity index is 1.95. The van der Waals surface area contributed by atoms with Crippen molar-refractivity contribution >= 4 is 11.7 Å². The van der Waals surface area contributed by atoms with E-state index in [0.29, 0.717) is 30.9 Å². The molecule has 3 rings (SSSR count). The van der Waals surface area contributed by atoms with Crippen LogP contribution in [-0.2, 0) is 11.0 Å². The summed E-state index contributed by atoms with van der Waals surface area (Å²) < 4.78 is 39.7. The molecule has 3 nitrogen and oxygen atoms in total. The topological polar surface area (TPSA) is 40.5 Å². The molecule has 0 spiro atoms. The van der Waals surface area contributed by atoms with Crippen LogP contribution >= 0.6 is 0 Å². The summed E-state index contributed by atoms with van der Waals surface area (Å²) in [5, 5.41) is 9.18. The van der Waals surface area contributed by atoms with Gasteiger partial charge in [0.05, 0.1) is 11.6 Å². The molecule has 0 bridgehead atoms. The summed E-state index contributed by atoms with van der Waals surface area (Å²) in [6, 6.07) is 13.2. The summed E-state index contributed by atoms with van der Waals surface area (Å²) in [4.78, 5) is 13.3. The Labute approximate surface area is 169 Å². The number of carboxylic acid groups (broad SMARTS) is 1. The third kappa shape index (κ3) is 5.11. The first-order valence-corrected chi connectivity index (χ1v) is 9.90. The largest absolute Gasteiger partial charge is 0.481 e. The average Bonchev–Trinajstić information content (AvgIpc) is 2.67. The Morgan fingerprint density at radius 3 is 2.45 bits per heavy atom. The maximum Gasteiger partial charge on any atom is 0.416 e. The molecule has 0 unspecified atom stereocenters. The second-order valence-electron chi connectivity index (χ2n) is 8.07. The highest BCUT2D eigenvalue weighted by Gasteiger charge is 2.34. The Bertz CT molecular complexity index is 846. The van der Waals surface area contributed by atoms with Gasteiger partial charge in [0.1, 0.15) is 0 Å². The number of nitrogens with zero attached hydrogens (tertiary/aromatic N) is 1. The minimum atomic E-state index is -4.41. The van der Waals surface area contributed by atoms with Crippen molar-refractivity contribution in [3.05, 3.63) is 65.2 Å². The third-order valence-corrected chi connectivity index (χ3v) is 5.66. The standard InChI is InChI=1S/C23H26F3NO2/c1-15(2)17-6-8-20(9-7-17)27-11-10-16(13-22(28)29)12-21(27)18-4-3-5-19(14-18)23(24,25)26/h3-9,14-16,21H,10-13H2,1-2H3,(H,28,29)/t16-,21+/m0/s1. The molecule has 1 fully saturated rings. The van der Waals surface area contributed by atoms with Gasteiger partial charge in [-0.25, -0.2) is 0 Å². The molecule has 0 aliphatic carbocycles. The molecule has 2 atom stereocenters. The minimum absolute atomic E-state index is 0.0373. The van der Waals surface area contributed by atoms with Gasteiger partial charge in [-0.1, -0.05) is 38.1 Å². The van der Waals surface area contributed by atoms with E-state index in [4.69, 9.17) is 0 Å². The summed E-state index contributed by atoms with van der Waals surface area (Å²) in [5.41, 5.74) is 2.05. The van der Waals surface area contributed by atoms with E-state index in [1.165, 1.54) is 17.7 Å². The lowest BCUT2D eigenvalue weighted by Crippen LogP contribution is -2.37. The van der Waals surface area contributed by atoms with Gasteiger partial charge in [0.25, 0.3) is 0 Å². The number of hydrogen-bond donors (Lipinski definition) is 1. The van der Waals surface area contributed by atoms with Gasteiger partial charge in [0, 0.05) is 18.7 Å². The van der Waals surface area contributed by atoms with Crippen LogP contribution in [0.15, 0.2) is 48.5 Å². The third-order valence-electron chi connectivity index (χ3n) is 5.66. The highest BCUT2D eigenvalue weighted by Crippen LogP contribution is 2.40. The van der Waals surface area contributed by atoms with Crippen molar-refractivity contribution in [1.82, 2.24) is 0 Å². The Kier molecular flexibility index (Phi) is 6.20. The molecule has 0 saturated carbocycles. The Morgan fingerprint density at radius 1 is 1.17 bits per heavy atom. The number of piperidine rings is 1. The number of carbonyl (C=O) groups is 1. The van der Waals surface area contributed by atoms with Crippen LogP contribution in [0.2, 0.25) is 0 Å². The zero-order valence-corrected chi connectivity index (χ0v) is 16.6. The van der Waals surface area contributed by atoms with Crippen LogP contribution in [0.25, 0.3) is 0 Å². The predicted octanol–water partition coefficient (Wildman–Crippen LogP) is 6.26. The predicted molar refractivity (Wildman–Crippen MR) is 107 cm³/mol. The van der Waals surface area contributed by atoms with Crippen LogP contribution in [0.5, 0.6) is 0 Å². The van der Waals surface area contributed by atoms with Crippen LogP contribution in [-0.4, -0.2) is 17.6 Å². The monoisotopic (exact) mass is 405 g/mol. The van der Waals surface area contributed by atoms with Gasteiger partial charge in [0.2, 0.25) is 0 Å². The Morgan fingerprint density at radius 2 is 1.86 bits per heavy atom. The van der Waals surface area contributed by atoms with Crippen molar-refractivity contribution in [3.63, 3.8) is 0 Å². The van der Waals surface area contributed by atoms with Crippen LogP contribution in [0, 0.1) is 5.92 Å². The lowest BCUT2D eigenvalue weighted by Gasteiger charge is -2.41. The van der Waals surface area contributed by atoms with Crippen molar-refractivity contribution in [2.75, 3.05) is 11.4 Å². The van der Waals surface area contributed by atoms with Gasteiger partial charge in [-0.3, -0.25) is 4.79 Å². The van der Waals surface area contributed by atoms with E-state index in [1.54, 1.807) is 6.07 Å². The summed E-state index contributed by atoms with van der Waals surface area (Å²) >= 11 is 0. The van der Waals surface area contributed by atoms with Gasteiger partial charge >= 0.3 is 12.1 Å². The van der Waals surface area contributed by atoms with Crippen molar-refractivity contribution in [3.8, 4) is 0 Å². The lowest BCUT2D eigenvalue weighted by molar-refractivity contribution is -0.138. The number of alkyl halides is 3. The molecule has 2 aromatic carbocycles. The van der Waals surface area contributed by atoms with E-state index in [-0.39, 0.29) is 18.4 Å². The summed E-state index contributed by atoms with van der Waals surface area (Å²) in [6.07, 6.45) is -3.16. The van der Waals surface area contributed by atoms with Crippen LogP contribution in [0.1, 0.15) is 61.8 Å². The van der Waals surface area contributed by atoms with E-state index < -0.39 is 17.7 Å². The highest BCUT2D eigenvalue weighted by atomic mass is 19.4. The molecular formula is C23H26F3NO2. The zero-order valence-electron chi connectivity index (χ0n) is 16.6. The number of anilines is 1. The highest BCUT2D eigenvalue weighted by molar-refractivity contribution is 5.67. The van der Waals surface area contributed by atoms with Crippen molar-refractivity contribution in [1.29, 1.82) is 0 Å². The first-order chi connectivity index (χ1) is 13.6. The number of rotatable bonds is 5. The SMILES string of the molecule is CC(C)c1ccc(N2CC[C@H](CC(=O)O)C[C@@H]2c2cccc(C(F)(F)F)c2)cc1. The summed E-state index contributed by atoms with van der Waals surface area (Å²) in [7, 11) is 0. The molecule has 0 amide bonds. The summed E-state index contributed by atoms with van der Waals surface area (Å²) in [5.74, 6) is -0.532. The fourth-order valence-corrected chi connectivity index (χ4v) is 4.07. The van der Waals surface area contributed by atoms with Crippen LogP contribution < -0.4 is 4.90 Å². The number of halogens is 3. The molecule has 2 aromatic rings. The van der Waals surface area contributed by atoms with Crippen LogP contribution in [0.4, 0.5) is 18.9 Å². The molecule has 1 aliphatic rings. The number of aliphatic carboxylic acids is 1. The molecule has 6 heteroatoms. The molecule has 29 heavy (non-hydrogen) atoms. The fourth-order valence-electron chi connectivity index (χ4n) is 4.07. The summed E-state index contributed by atoms with van der Waals surface area (Å²) in [6.45, 7) is 4.83. The van der Waals surface area contributed by atoms with Crippen molar-refractivity contribution < 1.29 is 23.1 Å². The molecule has 1 saturated heterocycles. The maximum atomic E-state index is 13.2. The normalized spacial score (nSPS) is 20.1. The molecule has 0 aromatic heterocycles. The van der Waals surface area contributed by atoms with Crippen molar-refractivity contribution in [2.24, 2.45) is 5.92 Å². The van der Waals surface area contributed by atoms with E-state index >= 15 is 0 Å². The first kappa shape index (κ1) is 21.2. The molecule has 1 heterocycles. The fraction of sp³-hybridized carbons (Fsp3) is 0.435. The second-order valence-corrected chi connectivity index (χ2v) is 8.07. The van der Waals surface area contributed by atoms with Gasteiger partial charge < -0.3 is 10.0 Å². The number of carboxylic acids is 1. The van der Waals surface area contributed by atoms with Gasteiger partial charge in [-0.2, -0.15) is 13.2 Å². The zero-order chi connectivity index (χ0) is 21.2. The van der Waals surface area contributed by atoms with Gasteiger partial charge in [0.15, 0.2) is 0 Å². The molecular weight excluding hydrogens is 379 g/mol. The van der Waals surface area contributed by atoms with Gasteiger partial charge in [-0.05, 0) is 60.1 Å². The maximum absolute atomic E-state index is 13.2. The van der Waals surface area contributed by atoms with E-state index in [9.17, 15) is 23.1 Å². The lowest BCUT2D eigenvalue weighted by atomic mass is 9.84. The molecule has 156 valence electrons. The van der Waals surface area contributed by atoms with E-state index in [1.807, 2.05) is 24.3 Å². The first-order valence-electron chi connectivity index (χ1n) is 9.90. The molecule has 1 aliphatic heterocycles.